The van der Waals surface area contributed by atoms with Crippen LogP contribution in [0.15, 0.2) is 30.3 Å². The van der Waals surface area contributed by atoms with Crippen LogP contribution in [0.3, 0.4) is 0 Å². The quantitative estimate of drug-likeness (QED) is 0.613. The SMILES string of the molecule is CC(C)C1(Oc2cc(C(=O)[O-])c3ccccc3c2[N+](=O)[O-])CCCC1. The van der Waals surface area contributed by atoms with Gasteiger partial charge in [0.2, 0.25) is 0 Å². The summed E-state index contributed by atoms with van der Waals surface area (Å²) in [6, 6.07) is 7.63. The molecule has 0 unspecified atom stereocenters. The van der Waals surface area contributed by atoms with E-state index in [0.717, 1.165) is 25.7 Å². The van der Waals surface area contributed by atoms with Gasteiger partial charge in [-0.3, -0.25) is 10.1 Å². The van der Waals surface area contributed by atoms with Crippen LogP contribution in [-0.2, 0) is 0 Å². The zero-order valence-electron chi connectivity index (χ0n) is 14.3. The van der Waals surface area contributed by atoms with Crippen molar-refractivity contribution < 1.29 is 19.6 Å². The maximum Gasteiger partial charge on any atom is 0.318 e. The minimum Gasteiger partial charge on any atom is -0.545 e. The van der Waals surface area contributed by atoms with Crippen LogP contribution in [0.2, 0.25) is 0 Å². The topological polar surface area (TPSA) is 92.5 Å². The summed E-state index contributed by atoms with van der Waals surface area (Å²) in [5.41, 5.74) is -0.781. The number of fused-ring (bicyclic) bond motifs is 1. The molecule has 0 amide bonds. The summed E-state index contributed by atoms with van der Waals surface area (Å²) in [6.45, 7) is 4.05. The summed E-state index contributed by atoms with van der Waals surface area (Å²) >= 11 is 0. The van der Waals surface area contributed by atoms with Gasteiger partial charge in [0.15, 0.2) is 5.75 Å². The normalized spacial score (nSPS) is 16.3. The van der Waals surface area contributed by atoms with Crippen LogP contribution in [0.1, 0.15) is 49.9 Å². The first-order valence-electron chi connectivity index (χ1n) is 8.46. The number of benzene rings is 2. The number of nitro benzene ring substituents is 1. The molecule has 132 valence electrons. The Balaban J connectivity index is 2.25. The molecule has 0 atom stereocenters. The average molecular weight is 342 g/mol. The summed E-state index contributed by atoms with van der Waals surface area (Å²) in [6.07, 6.45) is 3.59. The smallest absolute Gasteiger partial charge is 0.318 e. The number of carbonyl (C=O) groups excluding carboxylic acids is 1. The lowest BCUT2D eigenvalue weighted by Crippen LogP contribution is -2.38. The highest BCUT2D eigenvalue weighted by Gasteiger charge is 2.41. The summed E-state index contributed by atoms with van der Waals surface area (Å²) in [5, 5.41) is 23.8. The molecule has 1 aliphatic rings. The fourth-order valence-corrected chi connectivity index (χ4v) is 3.76. The molecular weight excluding hydrogens is 322 g/mol. The van der Waals surface area contributed by atoms with Gasteiger partial charge >= 0.3 is 5.69 Å². The van der Waals surface area contributed by atoms with Crippen LogP contribution >= 0.6 is 0 Å². The molecule has 1 aliphatic carbocycles. The second-order valence-electron chi connectivity index (χ2n) is 6.89. The summed E-state index contributed by atoms with van der Waals surface area (Å²) in [7, 11) is 0. The van der Waals surface area contributed by atoms with E-state index < -0.39 is 16.5 Å². The lowest BCUT2D eigenvalue weighted by atomic mass is 9.88. The molecular formula is C19H20NO5-. The van der Waals surface area contributed by atoms with E-state index in [2.05, 4.69) is 0 Å². The standard InChI is InChI=1S/C19H21NO5/c1-12(2)19(9-5-6-10-19)25-16-11-15(18(21)22)13-7-3-4-8-14(13)17(16)20(23)24/h3-4,7-8,11-12H,5-6,9-10H2,1-2H3,(H,21,22)/p-1. The van der Waals surface area contributed by atoms with Crippen molar-refractivity contribution in [3.8, 4) is 5.75 Å². The number of hydrogen-bond donors (Lipinski definition) is 0. The van der Waals surface area contributed by atoms with Crippen LogP contribution in [0, 0.1) is 16.0 Å². The first-order chi connectivity index (χ1) is 11.9. The van der Waals surface area contributed by atoms with Crippen LogP contribution in [0.4, 0.5) is 5.69 Å². The zero-order valence-corrected chi connectivity index (χ0v) is 14.3. The van der Waals surface area contributed by atoms with E-state index in [1.807, 2.05) is 13.8 Å². The molecule has 0 aliphatic heterocycles. The highest BCUT2D eigenvalue weighted by Crippen LogP contribution is 2.45. The molecule has 0 heterocycles. The Morgan fingerprint density at radius 2 is 1.80 bits per heavy atom. The highest BCUT2D eigenvalue weighted by atomic mass is 16.6. The minimum absolute atomic E-state index is 0.0125. The van der Waals surface area contributed by atoms with Crippen molar-refractivity contribution in [3.05, 3.63) is 46.0 Å². The van der Waals surface area contributed by atoms with Crippen molar-refractivity contribution in [2.75, 3.05) is 0 Å². The molecule has 1 fully saturated rings. The van der Waals surface area contributed by atoms with Crippen molar-refractivity contribution in [1.29, 1.82) is 0 Å². The number of nitro groups is 1. The third-order valence-electron chi connectivity index (χ3n) is 5.20. The molecule has 0 N–H and O–H groups in total. The van der Waals surface area contributed by atoms with Crippen LogP contribution in [0.25, 0.3) is 10.8 Å². The van der Waals surface area contributed by atoms with Crippen LogP contribution in [-0.4, -0.2) is 16.5 Å². The third kappa shape index (κ3) is 2.92. The second kappa shape index (κ2) is 6.35. The average Bonchev–Trinajstić information content (AvgIpc) is 3.03. The number of carboxylic acids is 1. The predicted octanol–water partition coefficient (Wildman–Crippen LogP) is 3.46. The van der Waals surface area contributed by atoms with Crippen molar-refractivity contribution in [3.63, 3.8) is 0 Å². The van der Waals surface area contributed by atoms with Gasteiger partial charge in [0.25, 0.3) is 0 Å². The van der Waals surface area contributed by atoms with Gasteiger partial charge in [-0.15, -0.1) is 0 Å². The van der Waals surface area contributed by atoms with Gasteiger partial charge in [-0.2, -0.15) is 0 Å². The van der Waals surface area contributed by atoms with Gasteiger partial charge in [-0.25, -0.2) is 0 Å². The van der Waals surface area contributed by atoms with E-state index in [1.54, 1.807) is 24.3 Å². The minimum atomic E-state index is -1.37. The number of carbonyl (C=O) groups is 1. The number of rotatable bonds is 5. The summed E-state index contributed by atoms with van der Waals surface area (Å²) in [4.78, 5) is 22.8. The zero-order chi connectivity index (χ0) is 18.2. The lowest BCUT2D eigenvalue weighted by Gasteiger charge is -2.34. The first-order valence-corrected chi connectivity index (χ1v) is 8.46. The number of ether oxygens (including phenoxy) is 1. The van der Waals surface area contributed by atoms with Gasteiger partial charge in [0.05, 0.1) is 16.3 Å². The first kappa shape index (κ1) is 17.2. The van der Waals surface area contributed by atoms with Gasteiger partial charge < -0.3 is 14.6 Å². The third-order valence-corrected chi connectivity index (χ3v) is 5.20. The summed E-state index contributed by atoms with van der Waals surface area (Å²) in [5.74, 6) is -1.20. The maximum absolute atomic E-state index is 11.7. The van der Waals surface area contributed by atoms with E-state index in [4.69, 9.17) is 4.74 Å². The molecule has 0 saturated heterocycles. The van der Waals surface area contributed by atoms with Crippen LogP contribution in [0.5, 0.6) is 5.75 Å². The number of nitrogens with zero attached hydrogens (tertiary/aromatic N) is 1. The molecule has 0 bridgehead atoms. The van der Waals surface area contributed by atoms with Crippen molar-refractivity contribution in [1.82, 2.24) is 0 Å². The molecule has 1 saturated carbocycles. The Morgan fingerprint density at radius 1 is 1.20 bits per heavy atom. The number of hydrogen-bond acceptors (Lipinski definition) is 5. The number of aromatic carboxylic acids is 1. The predicted molar refractivity (Wildman–Crippen MR) is 91.6 cm³/mol. The van der Waals surface area contributed by atoms with E-state index in [-0.39, 0.29) is 33.7 Å². The van der Waals surface area contributed by atoms with Crippen LogP contribution < -0.4 is 9.84 Å². The van der Waals surface area contributed by atoms with Crippen molar-refractivity contribution >= 4 is 22.4 Å². The van der Waals surface area contributed by atoms with Gasteiger partial charge in [-0.1, -0.05) is 32.0 Å². The van der Waals surface area contributed by atoms with Gasteiger partial charge in [0.1, 0.15) is 5.60 Å². The van der Waals surface area contributed by atoms with E-state index in [9.17, 15) is 20.0 Å². The fraction of sp³-hybridized carbons (Fsp3) is 0.421. The van der Waals surface area contributed by atoms with Crippen molar-refractivity contribution in [2.45, 2.75) is 45.1 Å². The highest BCUT2D eigenvalue weighted by molar-refractivity contribution is 6.07. The van der Waals surface area contributed by atoms with E-state index >= 15 is 0 Å². The molecule has 6 heteroatoms. The molecule has 0 spiro atoms. The van der Waals surface area contributed by atoms with Crippen molar-refractivity contribution in [2.24, 2.45) is 5.92 Å². The van der Waals surface area contributed by atoms with Gasteiger partial charge in [0, 0.05) is 5.56 Å². The largest absolute Gasteiger partial charge is 0.545 e. The lowest BCUT2D eigenvalue weighted by molar-refractivity contribution is -0.384. The molecule has 3 rings (SSSR count). The molecule has 2 aromatic rings. The maximum atomic E-state index is 11.7. The Hall–Kier alpha value is -2.63. The monoisotopic (exact) mass is 342 g/mol. The van der Waals surface area contributed by atoms with E-state index in [1.165, 1.54) is 6.07 Å². The Bertz CT molecular complexity index is 837. The summed E-state index contributed by atoms with van der Waals surface area (Å²) < 4.78 is 6.18. The van der Waals surface area contributed by atoms with E-state index in [0.29, 0.717) is 0 Å². The molecule has 25 heavy (non-hydrogen) atoms. The molecule has 2 aromatic carbocycles. The molecule has 0 aromatic heterocycles. The second-order valence-corrected chi connectivity index (χ2v) is 6.89. The van der Waals surface area contributed by atoms with Gasteiger partial charge in [-0.05, 0) is 49.1 Å². The Morgan fingerprint density at radius 3 is 2.32 bits per heavy atom. The molecule has 0 radical (unpaired) electrons. The molecule has 6 nitrogen and oxygen atoms in total. The Kier molecular flexibility index (Phi) is 4.37. The number of carboxylic acid groups (broad SMARTS) is 1. The Labute approximate surface area is 145 Å². The fourth-order valence-electron chi connectivity index (χ4n) is 3.76.